The molecule has 0 unspecified atom stereocenters. The minimum absolute atomic E-state index is 0.474. The molecule has 0 bridgehead atoms. The van der Waals surface area contributed by atoms with Crippen molar-refractivity contribution in [2.45, 2.75) is 0 Å². The first kappa shape index (κ1) is 30.8. The summed E-state index contributed by atoms with van der Waals surface area (Å²) in [5.41, 5.74) is 12.4. The summed E-state index contributed by atoms with van der Waals surface area (Å²) >= 11 is 0. The van der Waals surface area contributed by atoms with Gasteiger partial charge >= 0.3 is 0 Å². The molecule has 0 saturated heterocycles. The highest BCUT2D eigenvalue weighted by Gasteiger charge is 2.19. The largest absolute Gasteiger partial charge is 0.416 e. The number of aromatic nitrogens is 4. The fourth-order valence-corrected chi connectivity index (χ4v) is 6.53. The zero-order valence-corrected chi connectivity index (χ0v) is 28.0. The van der Waals surface area contributed by atoms with Crippen LogP contribution in [0.5, 0.6) is 0 Å². The van der Waals surface area contributed by atoms with Crippen LogP contribution in [0.15, 0.2) is 192 Å². The van der Waals surface area contributed by atoms with E-state index in [2.05, 4.69) is 124 Å². The Morgan fingerprint density at radius 2 is 0.750 bits per heavy atom. The van der Waals surface area contributed by atoms with Crippen molar-refractivity contribution < 1.29 is 4.42 Å². The van der Waals surface area contributed by atoms with Crippen molar-refractivity contribution in [3.63, 3.8) is 0 Å². The highest BCUT2D eigenvalue weighted by molar-refractivity contribution is 5.92. The van der Waals surface area contributed by atoms with Crippen molar-refractivity contribution in [1.82, 2.24) is 20.2 Å². The van der Waals surface area contributed by atoms with Crippen molar-refractivity contribution in [2.24, 2.45) is 0 Å². The second-order valence-electron chi connectivity index (χ2n) is 12.4. The zero-order chi connectivity index (χ0) is 34.7. The van der Waals surface area contributed by atoms with Gasteiger partial charge in [-0.2, -0.15) is 0 Å². The van der Waals surface area contributed by atoms with Gasteiger partial charge in [0.1, 0.15) is 0 Å². The predicted molar refractivity (Wildman–Crippen MR) is 209 cm³/mol. The van der Waals surface area contributed by atoms with Gasteiger partial charge in [0.05, 0.1) is 22.4 Å². The molecule has 0 amide bonds. The summed E-state index contributed by atoms with van der Waals surface area (Å²) in [4.78, 5) is 12.7. The van der Waals surface area contributed by atoms with Gasteiger partial charge < -0.3 is 9.32 Å². The summed E-state index contributed by atoms with van der Waals surface area (Å²) in [6, 6.07) is 63.8. The zero-order valence-electron chi connectivity index (χ0n) is 28.0. The number of rotatable bonds is 8. The minimum atomic E-state index is 0.474. The lowest BCUT2D eigenvalue weighted by atomic mass is 9.94. The summed E-state index contributed by atoms with van der Waals surface area (Å²) in [5.74, 6) is 0.968. The first-order valence-corrected chi connectivity index (χ1v) is 17.2. The van der Waals surface area contributed by atoms with Crippen LogP contribution >= 0.6 is 0 Å². The van der Waals surface area contributed by atoms with Gasteiger partial charge in [-0.3, -0.25) is 0 Å². The third-order valence-corrected chi connectivity index (χ3v) is 9.07. The monoisotopic (exact) mass is 669 g/mol. The number of hydrogen-bond donors (Lipinski definition) is 0. The van der Waals surface area contributed by atoms with Gasteiger partial charge in [-0.25, -0.2) is 9.97 Å². The van der Waals surface area contributed by atoms with Gasteiger partial charge in [0.15, 0.2) is 0 Å². The Bertz CT molecular complexity index is 2600. The first-order chi connectivity index (χ1) is 25.8. The maximum atomic E-state index is 6.03. The molecule has 0 aliphatic heterocycles. The van der Waals surface area contributed by atoms with Crippen molar-refractivity contribution in [1.29, 1.82) is 0 Å². The van der Waals surface area contributed by atoms with Crippen molar-refractivity contribution in [3.05, 3.63) is 188 Å². The molecule has 2 aromatic heterocycles. The molecule has 0 aliphatic carbocycles. The van der Waals surface area contributed by atoms with E-state index >= 15 is 0 Å². The molecular weight excluding hydrogens is 639 g/mol. The number of anilines is 3. The lowest BCUT2D eigenvalue weighted by molar-refractivity contribution is 0.584. The molecule has 0 atom stereocenters. The van der Waals surface area contributed by atoms with E-state index in [1.54, 1.807) is 0 Å². The highest BCUT2D eigenvalue weighted by Crippen LogP contribution is 2.40. The molecule has 0 spiro atoms. The van der Waals surface area contributed by atoms with E-state index in [1.807, 2.05) is 78.9 Å². The average molecular weight is 670 g/mol. The first-order valence-electron chi connectivity index (χ1n) is 17.2. The lowest BCUT2D eigenvalue weighted by Crippen LogP contribution is -2.09. The van der Waals surface area contributed by atoms with Gasteiger partial charge in [0.2, 0.25) is 11.8 Å². The molecule has 7 aromatic carbocycles. The molecule has 0 aliphatic rings. The van der Waals surface area contributed by atoms with Gasteiger partial charge in [0.25, 0.3) is 0 Å². The van der Waals surface area contributed by atoms with E-state index < -0.39 is 0 Å². The topological polar surface area (TPSA) is 67.9 Å². The van der Waals surface area contributed by atoms with Crippen LogP contribution in [0.3, 0.4) is 0 Å². The van der Waals surface area contributed by atoms with Gasteiger partial charge in [-0.1, -0.05) is 115 Å². The number of fused-ring (bicyclic) bond motifs is 1. The Morgan fingerprint density at radius 3 is 1.35 bits per heavy atom. The van der Waals surface area contributed by atoms with Gasteiger partial charge in [0, 0.05) is 39.3 Å². The van der Waals surface area contributed by atoms with Crippen LogP contribution in [0.4, 0.5) is 17.1 Å². The molecule has 0 fully saturated rings. The molecule has 6 heteroatoms. The molecule has 0 N–H and O–H groups in total. The van der Waals surface area contributed by atoms with Gasteiger partial charge in [-0.05, 0) is 83.9 Å². The van der Waals surface area contributed by atoms with E-state index in [1.165, 1.54) is 0 Å². The standard InChI is InChI=1S/C46H31N5O/c1-4-14-32(15-5-1)39-20-10-11-21-40(39)44-43(47-41-22-12-13-23-42(41)48-44)33-24-28-37(29-25-33)51(36-18-8-3-9-19-36)38-30-26-35(27-31-38)46-50-49-45(52-46)34-16-6-2-7-17-34/h1-31H. The van der Waals surface area contributed by atoms with E-state index in [-0.39, 0.29) is 0 Å². The highest BCUT2D eigenvalue weighted by atomic mass is 16.4. The normalized spacial score (nSPS) is 11.1. The Labute approximate surface area is 301 Å². The molecular formula is C46H31N5O. The molecule has 2 heterocycles. The SMILES string of the molecule is c1ccc(-c2nnc(-c3ccc(N(c4ccccc4)c4ccc(-c5nc6ccccc6nc5-c5ccccc5-c5ccccc5)cc4)cc3)o2)cc1. The third kappa shape index (κ3) is 5.99. The van der Waals surface area contributed by atoms with Crippen LogP contribution in [-0.2, 0) is 0 Å². The van der Waals surface area contributed by atoms with Crippen molar-refractivity contribution in [3.8, 4) is 56.6 Å². The molecule has 246 valence electrons. The lowest BCUT2D eigenvalue weighted by Gasteiger charge is -2.25. The van der Waals surface area contributed by atoms with Gasteiger partial charge in [-0.15, -0.1) is 10.2 Å². The predicted octanol–water partition coefficient (Wildman–Crippen LogP) is 11.8. The average Bonchev–Trinajstić information content (AvgIpc) is 3.73. The quantitative estimate of drug-likeness (QED) is 0.160. The van der Waals surface area contributed by atoms with E-state index in [4.69, 9.17) is 14.4 Å². The van der Waals surface area contributed by atoms with E-state index in [0.717, 1.165) is 72.9 Å². The van der Waals surface area contributed by atoms with Crippen LogP contribution in [-0.4, -0.2) is 20.2 Å². The van der Waals surface area contributed by atoms with Crippen LogP contribution in [0.25, 0.3) is 67.6 Å². The maximum absolute atomic E-state index is 6.03. The summed E-state index contributed by atoms with van der Waals surface area (Å²) < 4.78 is 6.03. The van der Waals surface area contributed by atoms with Crippen LogP contribution in [0.1, 0.15) is 0 Å². The Morgan fingerprint density at radius 1 is 0.327 bits per heavy atom. The Kier molecular flexibility index (Phi) is 8.08. The number of hydrogen-bond acceptors (Lipinski definition) is 6. The number of para-hydroxylation sites is 3. The Hall–Kier alpha value is -7.18. The minimum Gasteiger partial charge on any atom is -0.416 e. The number of nitrogens with zero attached hydrogens (tertiary/aromatic N) is 5. The van der Waals surface area contributed by atoms with Crippen molar-refractivity contribution >= 4 is 28.1 Å². The molecule has 6 nitrogen and oxygen atoms in total. The summed E-state index contributed by atoms with van der Waals surface area (Å²) in [5, 5.41) is 8.60. The Balaban J connectivity index is 1.10. The van der Waals surface area contributed by atoms with Crippen LogP contribution in [0.2, 0.25) is 0 Å². The summed E-state index contributed by atoms with van der Waals surface area (Å²) in [6.07, 6.45) is 0. The summed E-state index contributed by atoms with van der Waals surface area (Å²) in [6.45, 7) is 0. The smallest absolute Gasteiger partial charge is 0.248 e. The maximum Gasteiger partial charge on any atom is 0.248 e. The second kappa shape index (κ2) is 13.6. The molecule has 0 saturated carbocycles. The van der Waals surface area contributed by atoms with E-state index in [0.29, 0.717) is 11.8 Å². The van der Waals surface area contributed by atoms with Crippen molar-refractivity contribution in [2.75, 3.05) is 4.90 Å². The molecule has 9 rings (SSSR count). The third-order valence-electron chi connectivity index (χ3n) is 9.07. The summed E-state index contributed by atoms with van der Waals surface area (Å²) in [7, 11) is 0. The fraction of sp³-hybridized carbons (Fsp3) is 0. The van der Waals surface area contributed by atoms with Crippen LogP contribution < -0.4 is 4.90 Å². The molecule has 52 heavy (non-hydrogen) atoms. The fourth-order valence-electron chi connectivity index (χ4n) is 6.53. The van der Waals surface area contributed by atoms with Crippen LogP contribution in [0, 0.1) is 0 Å². The molecule has 0 radical (unpaired) electrons. The second-order valence-corrected chi connectivity index (χ2v) is 12.4. The van der Waals surface area contributed by atoms with E-state index in [9.17, 15) is 0 Å². The number of benzene rings is 7. The molecule has 9 aromatic rings.